The molecule has 0 atom stereocenters. The summed E-state index contributed by atoms with van der Waals surface area (Å²) in [5.41, 5.74) is 4.27. The maximum absolute atomic E-state index is 15.1. The van der Waals surface area contributed by atoms with Gasteiger partial charge in [0.05, 0.1) is 74.1 Å². The van der Waals surface area contributed by atoms with Gasteiger partial charge in [0.1, 0.15) is 46.2 Å². The maximum atomic E-state index is 15.1. The SMILES string of the molecule is COc1cccc([S+](c2cccc(OC)c2)c2cccc(OC)c2)c1.CS(=O)(=O)[N-]S(=O)(=O)C(F)(F)S(=O)(=O)Oc1c(C2CCCCC2)cc(C2CCCCC2)cc1C1CCCCC1.CS(=O)(=O)[N-]S(=O)(=O)C(F)(F)S(=O)(=O)Oc1c(C2CCCCC2)cc(C2CCCCC2)cc1C1CCCCC1.Fc1ccc([S+](c2ccc(F)cc2)c2ccc(F)cc2)cc1.c1ccc([S+](c2ccccc2)c2ccccc2)cc1. The summed E-state index contributed by atoms with van der Waals surface area (Å²) >= 11 is 0. The zero-order chi connectivity index (χ0) is 103. The van der Waals surface area contributed by atoms with Crippen molar-refractivity contribution in [2.45, 2.75) is 281 Å². The van der Waals surface area contributed by atoms with Crippen molar-refractivity contribution in [1.82, 2.24) is 0 Å². The Balaban J connectivity index is 0.000000155. The monoisotopic (exact) mass is 2150 g/mol. The van der Waals surface area contributed by atoms with Gasteiger partial charge in [-0.25, -0.2) is 46.8 Å². The number of hydrogen-bond acceptors (Lipinski definition) is 17. The molecule has 6 fully saturated rings. The lowest BCUT2D eigenvalue weighted by atomic mass is 9.75. The number of rotatable bonds is 30. The number of alkyl halides is 4. The smallest absolute Gasteiger partial charge is 0.465 e. The molecule has 11 aromatic carbocycles. The molecule has 6 aliphatic carbocycles. The van der Waals surface area contributed by atoms with Crippen LogP contribution in [-0.4, -0.2) is 93.5 Å². The third-order valence-electron chi connectivity index (χ3n) is 26.6. The van der Waals surface area contributed by atoms with Crippen LogP contribution in [0.25, 0.3) is 8.25 Å². The van der Waals surface area contributed by atoms with Crippen LogP contribution < -0.4 is 22.6 Å². The van der Waals surface area contributed by atoms with E-state index in [0.717, 1.165) is 236 Å². The Bertz CT molecular complexity index is 6180. The number of benzene rings is 11. The van der Waals surface area contributed by atoms with Crippen molar-refractivity contribution in [3.8, 4) is 28.7 Å². The number of hydrogen-bond donors (Lipinski definition) is 0. The van der Waals surface area contributed by atoms with Gasteiger partial charge < -0.3 is 30.8 Å². The molecule has 0 saturated heterocycles. The molecule has 6 aliphatic rings. The lowest BCUT2D eigenvalue weighted by Crippen LogP contribution is -2.41. The summed E-state index contributed by atoms with van der Waals surface area (Å²) in [4.78, 5) is 10.3. The van der Waals surface area contributed by atoms with E-state index in [2.05, 4.69) is 136 Å². The van der Waals surface area contributed by atoms with E-state index in [1.165, 1.54) is 65.8 Å². The molecule has 774 valence electrons. The first-order valence-electron chi connectivity index (χ1n) is 48.7. The van der Waals surface area contributed by atoms with E-state index in [1.807, 2.05) is 60.7 Å². The summed E-state index contributed by atoms with van der Waals surface area (Å²) in [6.45, 7) is 0. The Hall–Kier alpha value is -9.40. The van der Waals surface area contributed by atoms with Crippen LogP contribution in [0, 0.1) is 17.5 Å². The Kier molecular flexibility index (Phi) is 39.6. The highest BCUT2D eigenvalue weighted by Crippen LogP contribution is 2.53. The Morgan fingerprint density at radius 3 is 0.674 bits per heavy atom. The molecule has 0 radical (unpaired) electrons. The summed E-state index contributed by atoms with van der Waals surface area (Å²) in [6, 6.07) is 82.9. The van der Waals surface area contributed by atoms with Gasteiger partial charge in [-0.1, -0.05) is 213 Å². The van der Waals surface area contributed by atoms with Crippen molar-refractivity contribution in [3.05, 3.63) is 320 Å². The quantitative estimate of drug-likeness (QED) is 0.0230. The molecule has 0 spiro atoms. The molecule has 0 amide bonds. The average Bonchev–Trinajstić information content (AvgIpc) is 0.744. The van der Waals surface area contributed by atoms with E-state index in [0.29, 0.717) is 34.8 Å². The average molecular weight is 2160 g/mol. The van der Waals surface area contributed by atoms with Gasteiger partial charge in [-0.3, -0.25) is 0 Å². The topological polar surface area (TPSA) is 279 Å². The minimum absolute atomic E-state index is 0.0146. The zero-order valence-electron chi connectivity index (χ0n) is 81.2. The normalized spacial score (nSPS) is 16.6. The van der Waals surface area contributed by atoms with Crippen LogP contribution in [0.3, 0.4) is 0 Å². The molecule has 6 saturated carbocycles. The predicted molar refractivity (Wildman–Crippen MR) is 555 cm³/mol. The number of methoxy groups -OCH3 is 3. The highest BCUT2D eigenvalue weighted by atomic mass is 32.3. The van der Waals surface area contributed by atoms with E-state index in [9.17, 15) is 63.7 Å². The Morgan fingerprint density at radius 2 is 0.458 bits per heavy atom. The van der Waals surface area contributed by atoms with Gasteiger partial charge in [-0.15, -0.1) is 0 Å². The molecular weight excluding hydrogens is 2030 g/mol. The fraction of sp³-hybridized carbons (Fsp3) is 0.394. The Morgan fingerprint density at radius 1 is 0.257 bits per heavy atom. The summed E-state index contributed by atoms with van der Waals surface area (Å²) < 4.78 is 266. The maximum Gasteiger partial charge on any atom is 0.465 e. The summed E-state index contributed by atoms with van der Waals surface area (Å²) in [6.07, 6.45) is 28.5. The molecule has 35 heteroatoms. The van der Waals surface area contributed by atoms with E-state index in [4.69, 9.17) is 22.6 Å². The van der Waals surface area contributed by atoms with Gasteiger partial charge >= 0.3 is 29.4 Å². The first kappa shape index (κ1) is 112. The molecule has 11 aromatic rings. The minimum atomic E-state index is -6.31. The van der Waals surface area contributed by atoms with Gasteiger partial charge in [-0.05, 0) is 292 Å². The molecule has 0 heterocycles. The van der Waals surface area contributed by atoms with E-state index in [-0.39, 0.29) is 86.2 Å². The van der Waals surface area contributed by atoms with Gasteiger partial charge in [0, 0.05) is 30.7 Å². The van der Waals surface area contributed by atoms with Gasteiger partial charge in [-0.2, -0.15) is 34.4 Å². The van der Waals surface area contributed by atoms with Gasteiger partial charge in [0.2, 0.25) is 0 Å². The molecule has 144 heavy (non-hydrogen) atoms. The van der Waals surface area contributed by atoms with Crippen molar-refractivity contribution in [3.63, 3.8) is 0 Å². The van der Waals surface area contributed by atoms with Crippen LogP contribution in [0.4, 0.5) is 30.7 Å². The van der Waals surface area contributed by atoms with E-state index < -0.39 is 80.4 Å². The lowest BCUT2D eigenvalue weighted by Gasteiger charge is -2.32. The summed E-state index contributed by atoms with van der Waals surface area (Å²) in [7, 11) is -30.4. The highest BCUT2D eigenvalue weighted by Gasteiger charge is 2.58. The molecule has 0 aliphatic heterocycles. The molecule has 0 N–H and O–H groups in total. The van der Waals surface area contributed by atoms with Crippen molar-refractivity contribution in [2.75, 3.05) is 33.8 Å². The summed E-state index contributed by atoms with van der Waals surface area (Å²) in [5, 5.41) is 0. The molecule has 17 rings (SSSR count). The molecule has 19 nitrogen and oxygen atoms in total. The van der Waals surface area contributed by atoms with Crippen LogP contribution in [0.1, 0.15) is 262 Å². The van der Waals surface area contributed by atoms with Crippen LogP contribution in [0.5, 0.6) is 28.7 Å². The Labute approximate surface area is 853 Å². The predicted octanol–water partition coefficient (Wildman–Crippen LogP) is 28.3. The molecule has 0 aromatic heterocycles. The van der Waals surface area contributed by atoms with Crippen molar-refractivity contribution in [2.24, 2.45) is 0 Å². The van der Waals surface area contributed by atoms with Gasteiger partial charge in [0.25, 0.3) is 0 Å². The third kappa shape index (κ3) is 29.6. The second kappa shape index (κ2) is 51.0. The second-order valence-corrected chi connectivity index (χ2v) is 53.7. The number of sulfonamides is 4. The first-order chi connectivity index (χ1) is 68.8. The van der Waals surface area contributed by atoms with Crippen molar-refractivity contribution in [1.29, 1.82) is 0 Å². The second-order valence-electron chi connectivity index (χ2n) is 36.9. The van der Waals surface area contributed by atoms with E-state index in [1.54, 1.807) is 57.7 Å². The molecular formula is C109H124F7N2O17S9+. The van der Waals surface area contributed by atoms with Gasteiger partial charge in [0.15, 0.2) is 64.1 Å². The fourth-order valence-electron chi connectivity index (χ4n) is 19.6. The number of ether oxygens (including phenoxy) is 3. The molecule has 0 unspecified atom stereocenters. The summed E-state index contributed by atoms with van der Waals surface area (Å²) in [5.74, 6) is 1.31. The van der Waals surface area contributed by atoms with Crippen molar-refractivity contribution < 1.29 is 104 Å². The largest absolute Gasteiger partial charge is 0.497 e. The van der Waals surface area contributed by atoms with Crippen molar-refractivity contribution >= 4 is 93.0 Å². The minimum Gasteiger partial charge on any atom is -0.497 e. The third-order valence-corrected chi connectivity index (χ3v) is 42.6. The van der Waals surface area contributed by atoms with Crippen LogP contribution >= 0.6 is 0 Å². The van der Waals surface area contributed by atoms with Crippen LogP contribution in [-0.2, 0) is 93.0 Å². The van der Waals surface area contributed by atoms with Crippen LogP contribution in [0.15, 0.2) is 305 Å². The first-order valence-corrected chi connectivity index (χ1v) is 61.8. The fourth-order valence-corrected chi connectivity index (χ4v) is 33.3. The van der Waals surface area contributed by atoms with E-state index >= 15 is 17.6 Å². The lowest BCUT2D eigenvalue weighted by molar-refractivity contribution is 0.169. The zero-order valence-corrected chi connectivity index (χ0v) is 88.5. The highest BCUT2D eigenvalue weighted by molar-refractivity contribution is 8.18. The molecule has 0 bridgehead atoms. The van der Waals surface area contributed by atoms with Crippen LogP contribution in [0.2, 0.25) is 0 Å². The number of halogens is 7. The standard InChI is InChI=1S/2C26H38F2NO7S3.C21H21O3S.C18H12F3S.C18H15S/c2*1-37(30,31)29-38(32,33)26(27,28)39(34,35)36-25-23(20-13-7-3-8-14-20)17-22(19-11-5-2-6-12-19)18-24(25)21-15-9-4-10-16-21;1-22-16-7-4-10-19(13-16)25(20-11-5-8-17(14-20)23-2)21-12-6-9-18(15-21)24-3;19-13-1-7-16(8-2-13)22(17-9-3-14(20)4-10-17)18-11-5-15(21)6-12-18;1-4-10-16(11-5-1)19(17-12-6-2-7-13-17)18-14-8-3-9-15-18/h2*17-21H,2-16H2,1H3;4-15H,1-3H3;1-12H;1-15H/q2*-1;3*+1. The number of nitrogens with zero attached hydrogens (tertiary/aromatic N) is 2.